The van der Waals surface area contributed by atoms with Crippen molar-refractivity contribution in [1.82, 2.24) is 9.96 Å². The molecule has 1 atom stereocenters. The van der Waals surface area contributed by atoms with Crippen LogP contribution in [0.5, 0.6) is 0 Å². The number of hydrogen-bond acceptors (Lipinski definition) is 4. The first-order chi connectivity index (χ1) is 8.26. The number of rotatable bonds is 3. The van der Waals surface area contributed by atoms with Crippen LogP contribution >= 0.6 is 11.8 Å². The van der Waals surface area contributed by atoms with E-state index in [0.717, 1.165) is 0 Å². The minimum atomic E-state index is -0.394. The van der Waals surface area contributed by atoms with E-state index in [1.807, 2.05) is 20.8 Å². The predicted molar refractivity (Wildman–Crippen MR) is 71.8 cm³/mol. The van der Waals surface area contributed by atoms with E-state index < -0.39 is 6.04 Å². The van der Waals surface area contributed by atoms with Crippen LogP contribution in [-0.2, 0) is 14.4 Å². The minimum absolute atomic E-state index is 0.0374. The smallest absolute Gasteiger partial charge is 0.269 e. The number of thioether (sulfide) groups is 1. The molecule has 1 aliphatic rings. The molecule has 0 aromatic carbocycles. The number of hydroxylamine groups is 2. The zero-order valence-corrected chi connectivity index (χ0v) is 12.5. The molecule has 0 unspecified atom stereocenters. The summed E-state index contributed by atoms with van der Waals surface area (Å²) in [5, 5.41) is 1.19. The quantitative estimate of drug-likeness (QED) is 0.729. The molecule has 0 aromatic heterocycles. The van der Waals surface area contributed by atoms with Crippen molar-refractivity contribution in [2.24, 2.45) is 5.41 Å². The third-order valence-corrected chi connectivity index (χ3v) is 3.77. The van der Waals surface area contributed by atoms with E-state index in [4.69, 9.17) is 4.84 Å². The fraction of sp³-hybridized carbons (Fsp3) is 0.833. The second-order valence-electron chi connectivity index (χ2n) is 5.63. The van der Waals surface area contributed by atoms with Crippen LogP contribution in [0.4, 0.5) is 0 Å². The molecule has 104 valence electrons. The van der Waals surface area contributed by atoms with E-state index in [0.29, 0.717) is 18.1 Å². The molecule has 1 saturated heterocycles. The van der Waals surface area contributed by atoms with Gasteiger partial charge in [0.15, 0.2) is 0 Å². The molecule has 0 spiro atoms. The molecule has 18 heavy (non-hydrogen) atoms. The number of amides is 2. The summed E-state index contributed by atoms with van der Waals surface area (Å²) in [5.74, 6) is 1.10. The Kier molecular flexibility index (Phi) is 5.04. The summed E-state index contributed by atoms with van der Waals surface area (Å²) in [4.78, 5) is 30.8. The van der Waals surface area contributed by atoms with Crippen molar-refractivity contribution < 1.29 is 14.4 Å². The van der Waals surface area contributed by atoms with E-state index in [2.05, 4.69) is 0 Å². The Morgan fingerprint density at radius 3 is 2.56 bits per heavy atom. The minimum Gasteiger partial charge on any atom is -0.320 e. The zero-order chi connectivity index (χ0) is 13.9. The third kappa shape index (κ3) is 3.88. The molecule has 0 N–H and O–H groups in total. The zero-order valence-electron chi connectivity index (χ0n) is 11.7. The van der Waals surface area contributed by atoms with Gasteiger partial charge in [0, 0.05) is 19.2 Å². The highest BCUT2D eigenvalue weighted by Gasteiger charge is 2.37. The molecule has 0 radical (unpaired) electrons. The van der Waals surface area contributed by atoms with Gasteiger partial charge in [-0.1, -0.05) is 20.8 Å². The van der Waals surface area contributed by atoms with Crippen LogP contribution in [0.25, 0.3) is 0 Å². The maximum Gasteiger partial charge on any atom is 0.269 e. The van der Waals surface area contributed by atoms with Gasteiger partial charge < -0.3 is 4.90 Å². The van der Waals surface area contributed by atoms with Crippen molar-refractivity contribution in [3.63, 3.8) is 0 Å². The van der Waals surface area contributed by atoms with Gasteiger partial charge in [-0.15, -0.1) is 11.8 Å². The monoisotopic (exact) mass is 274 g/mol. The van der Waals surface area contributed by atoms with Gasteiger partial charge in [-0.05, 0) is 5.41 Å². The van der Waals surface area contributed by atoms with Crippen LogP contribution in [-0.4, -0.2) is 53.6 Å². The first-order valence-electron chi connectivity index (χ1n) is 5.95. The van der Waals surface area contributed by atoms with Crippen LogP contribution in [0.1, 0.15) is 27.2 Å². The van der Waals surface area contributed by atoms with Gasteiger partial charge in [-0.3, -0.25) is 14.4 Å². The second-order valence-corrected chi connectivity index (χ2v) is 6.63. The van der Waals surface area contributed by atoms with Gasteiger partial charge in [0.25, 0.3) is 5.91 Å². The normalized spacial score (nSPS) is 20.1. The fourth-order valence-corrected chi connectivity index (χ4v) is 2.92. The molecule has 0 bridgehead atoms. The van der Waals surface area contributed by atoms with Gasteiger partial charge in [0.1, 0.15) is 6.04 Å². The van der Waals surface area contributed by atoms with Crippen LogP contribution < -0.4 is 0 Å². The van der Waals surface area contributed by atoms with Gasteiger partial charge in [0.05, 0.1) is 13.0 Å². The second kappa shape index (κ2) is 5.93. The molecule has 2 amide bonds. The highest BCUT2D eigenvalue weighted by Crippen LogP contribution is 2.27. The number of likely N-dealkylation sites (N-methyl/N-ethyl adjacent to an activating group) is 1. The molecule has 1 aliphatic heterocycles. The Hall–Kier alpha value is -0.750. The molecular formula is C12H22N2O3S. The molecule has 5 nitrogen and oxygen atoms in total. The Labute approximate surface area is 113 Å². The largest absolute Gasteiger partial charge is 0.320 e. The van der Waals surface area contributed by atoms with Crippen LogP contribution in [0.3, 0.4) is 0 Å². The number of carbonyl (C=O) groups is 2. The Morgan fingerprint density at radius 1 is 1.44 bits per heavy atom. The SMILES string of the molecule is CON(C)C(=O)[C@@H]1CSCN1C(=O)CC(C)(C)C. The average molecular weight is 274 g/mol. The molecule has 0 aliphatic carbocycles. The van der Waals surface area contributed by atoms with Crippen molar-refractivity contribution in [3.8, 4) is 0 Å². The molecular weight excluding hydrogens is 252 g/mol. The Morgan fingerprint density at radius 2 is 2.06 bits per heavy atom. The first-order valence-corrected chi connectivity index (χ1v) is 7.10. The summed E-state index contributed by atoms with van der Waals surface area (Å²) in [6, 6.07) is -0.394. The van der Waals surface area contributed by atoms with Crippen molar-refractivity contribution in [2.45, 2.75) is 33.2 Å². The molecule has 1 rings (SSSR count). The Bertz CT molecular complexity index is 328. The maximum absolute atomic E-state index is 12.2. The van der Waals surface area contributed by atoms with Crippen molar-refractivity contribution in [2.75, 3.05) is 25.8 Å². The van der Waals surface area contributed by atoms with Crippen molar-refractivity contribution in [3.05, 3.63) is 0 Å². The van der Waals surface area contributed by atoms with E-state index in [9.17, 15) is 9.59 Å². The third-order valence-electron chi connectivity index (χ3n) is 2.75. The topological polar surface area (TPSA) is 49.9 Å². The summed E-state index contributed by atoms with van der Waals surface area (Å²) >= 11 is 1.60. The Balaban J connectivity index is 2.70. The standard InChI is InChI=1S/C12H22N2O3S/c1-12(2,3)6-10(15)14-8-18-7-9(14)11(16)13(4)17-5/h9H,6-8H2,1-5H3/t9-/m0/s1. The van der Waals surface area contributed by atoms with Gasteiger partial charge in [0.2, 0.25) is 5.91 Å². The highest BCUT2D eigenvalue weighted by atomic mass is 32.2. The lowest BCUT2D eigenvalue weighted by atomic mass is 9.91. The summed E-state index contributed by atoms with van der Waals surface area (Å²) < 4.78 is 0. The lowest BCUT2D eigenvalue weighted by molar-refractivity contribution is -0.174. The molecule has 0 saturated carbocycles. The van der Waals surface area contributed by atoms with Crippen LogP contribution in [0, 0.1) is 5.41 Å². The maximum atomic E-state index is 12.2. The van der Waals surface area contributed by atoms with E-state index in [1.54, 1.807) is 23.7 Å². The van der Waals surface area contributed by atoms with Gasteiger partial charge in [-0.25, -0.2) is 5.06 Å². The summed E-state index contributed by atoms with van der Waals surface area (Å²) in [5.41, 5.74) is -0.0644. The van der Waals surface area contributed by atoms with Gasteiger partial charge >= 0.3 is 0 Å². The van der Waals surface area contributed by atoms with Crippen molar-refractivity contribution >= 4 is 23.6 Å². The number of hydrogen-bond donors (Lipinski definition) is 0. The summed E-state index contributed by atoms with van der Waals surface area (Å²) in [7, 11) is 3.01. The van der Waals surface area contributed by atoms with E-state index >= 15 is 0 Å². The molecule has 1 heterocycles. The lowest BCUT2D eigenvalue weighted by Gasteiger charge is -2.28. The van der Waals surface area contributed by atoms with E-state index in [-0.39, 0.29) is 17.2 Å². The molecule has 6 heteroatoms. The van der Waals surface area contributed by atoms with Crippen molar-refractivity contribution in [1.29, 1.82) is 0 Å². The predicted octanol–water partition coefficient (Wildman–Crippen LogP) is 1.34. The average Bonchev–Trinajstić information content (AvgIpc) is 2.73. The highest BCUT2D eigenvalue weighted by molar-refractivity contribution is 7.99. The summed E-state index contributed by atoms with van der Waals surface area (Å²) in [6.45, 7) is 6.06. The first kappa shape index (κ1) is 15.3. The lowest BCUT2D eigenvalue weighted by Crippen LogP contribution is -2.48. The fourth-order valence-electron chi connectivity index (χ4n) is 1.75. The number of nitrogens with zero attached hydrogens (tertiary/aromatic N) is 2. The van der Waals surface area contributed by atoms with Crippen LogP contribution in [0.2, 0.25) is 0 Å². The van der Waals surface area contributed by atoms with E-state index in [1.165, 1.54) is 12.2 Å². The van der Waals surface area contributed by atoms with Crippen LogP contribution in [0.15, 0.2) is 0 Å². The van der Waals surface area contributed by atoms with Gasteiger partial charge in [-0.2, -0.15) is 0 Å². The summed E-state index contributed by atoms with van der Waals surface area (Å²) in [6.07, 6.45) is 0.452. The molecule has 1 fully saturated rings. The molecule has 0 aromatic rings. The number of carbonyl (C=O) groups excluding carboxylic acids is 2.